The van der Waals surface area contributed by atoms with Crippen molar-refractivity contribution in [3.63, 3.8) is 0 Å². The maximum atomic E-state index is 9.09. The van der Waals surface area contributed by atoms with Crippen LogP contribution in [0.2, 0.25) is 0 Å². The molecule has 0 aliphatic carbocycles. The molecule has 1 saturated heterocycles. The van der Waals surface area contributed by atoms with Gasteiger partial charge < -0.3 is 10.2 Å². The van der Waals surface area contributed by atoms with Crippen LogP contribution in [0.5, 0.6) is 0 Å². The minimum Gasteiger partial charge on any atom is -0.366 e. The van der Waals surface area contributed by atoms with Crippen LogP contribution in [0.3, 0.4) is 0 Å². The first-order valence-electron chi connectivity index (χ1n) is 6.44. The van der Waals surface area contributed by atoms with E-state index in [-0.39, 0.29) is 0 Å². The third-order valence-electron chi connectivity index (χ3n) is 3.70. The van der Waals surface area contributed by atoms with Crippen LogP contribution in [0.15, 0.2) is 12.1 Å². The lowest BCUT2D eigenvalue weighted by Crippen LogP contribution is -2.42. The SMILES string of the molecule is Cc1ccc(C#N)c(NC2CCN(C)C(C)C2)n1. The van der Waals surface area contributed by atoms with Crippen molar-refractivity contribution in [2.75, 3.05) is 18.9 Å². The Hall–Kier alpha value is -1.60. The number of aryl methyl sites for hydroxylation is 1. The quantitative estimate of drug-likeness (QED) is 0.866. The van der Waals surface area contributed by atoms with Crippen molar-refractivity contribution in [3.05, 3.63) is 23.4 Å². The molecule has 4 heteroatoms. The number of pyridine rings is 1. The highest BCUT2D eigenvalue weighted by molar-refractivity contribution is 5.52. The third-order valence-corrected chi connectivity index (χ3v) is 3.70. The Morgan fingerprint density at radius 2 is 2.28 bits per heavy atom. The molecule has 2 rings (SSSR count). The number of rotatable bonds is 2. The van der Waals surface area contributed by atoms with E-state index in [0.717, 1.165) is 30.9 Å². The van der Waals surface area contributed by atoms with Crippen molar-refractivity contribution in [2.24, 2.45) is 0 Å². The molecule has 18 heavy (non-hydrogen) atoms. The molecule has 0 aromatic carbocycles. The second kappa shape index (κ2) is 5.36. The maximum Gasteiger partial charge on any atom is 0.144 e. The van der Waals surface area contributed by atoms with Gasteiger partial charge in [-0.15, -0.1) is 0 Å². The van der Waals surface area contributed by atoms with Crippen molar-refractivity contribution >= 4 is 5.82 Å². The van der Waals surface area contributed by atoms with Gasteiger partial charge >= 0.3 is 0 Å². The summed E-state index contributed by atoms with van der Waals surface area (Å²) in [5.41, 5.74) is 1.57. The Morgan fingerprint density at radius 3 is 2.94 bits per heavy atom. The van der Waals surface area contributed by atoms with E-state index in [1.165, 1.54) is 0 Å². The van der Waals surface area contributed by atoms with Crippen molar-refractivity contribution < 1.29 is 0 Å². The fourth-order valence-electron chi connectivity index (χ4n) is 2.37. The maximum absolute atomic E-state index is 9.09. The van der Waals surface area contributed by atoms with Gasteiger partial charge in [0.25, 0.3) is 0 Å². The van der Waals surface area contributed by atoms with Crippen LogP contribution in [-0.4, -0.2) is 35.6 Å². The Kier molecular flexibility index (Phi) is 3.83. The zero-order chi connectivity index (χ0) is 13.1. The number of likely N-dealkylation sites (tertiary alicyclic amines) is 1. The summed E-state index contributed by atoms with van der Waals surface area (Å²) in [5.74, 6) is 0.735. The highest BCUT2D eigenvalue weighted by atomic mass is 15.2. The van der Waals surface area contributed by atoms with E-state index in [9.17, 15) is 0 Å². The molecule has 0 spiro atoms. The lowest BCUT2D eigenvalue weighted by atomic mass is 9.99. The standard InChI is InChI=1S/C14H20N4/c1-10-4-5-12(9-15)14(16-10)17-13-6-7-18(3)11(2)8-13/h4-5,11,13H,6-8H2,1-3H3,(H,16,17). The van der Waals surface area contributed by atoms with Gasteiger partial charge in [0.15, 0.2) is 0 Å². The van der Waals surface area contributed by atoms with E-state index in [4.69, 9.17) is 5.26 Å². The summed E-state index contributed by atoms with van der Waals surface area (Å²) in [5, 5.41) is 12.5. The lowest BCUT2D eigenvalue weighted by Gasteiger charge is -2.35. The first kappa shape index (κ1) is 12.8. The molecule has 0 amide bonds. The molecule has 4 nitrogen and oxygen atoms in total. The number of nitrogens with one attached hydrogen (secondary N) is 1. The topological polar surface area (TPSA) is 52.0 Å². The molecule has 0 saturated carbocycles. The van der Waals surface area contributed by atoms with Crippen LogP contribution in [-0.2, 0) is 0 Å². The van der Waals surface area contributed by atoms with E-state index >= 15 is 0 Å². The number of nitriles is 1. The van der Waals surface area contributed by atoms with Crippen molar-refractivity contribution in [3.8, 4) is 6.07 Å². The average molecular weight is 244 g/mol. The fraction of sp³-hybridized carbons (Fsp3) is 0.571. The Labute approximate surface area is 109 Å². The molecule has 1 aromatic rings. The summed E-state index contributed by atoms with van der Waals surface area (Å²) in [7, 11) is 2.16. The van der Waals surface area contributed by atoms with Gasteiger partial charge in [0, 0.05) is 24.3 Å². The Morgan fingerprint density at radius 1 is 1.50 bits per heavy atom. The third kappa shape index (κ3) is 2.80. The fourth-order valence-corrected chi connectivity index (χ4v) is 2.37. The summed E-state index contributed by atoms with van der Waals surface area (Å²) in [6, 6.07) is 6.90. The molecule has 2 atom stereocenters. The minimum atomic E-state index is 0.414. The second-order valence-corrected chi connectivity index (χ2v) is 5.16. The van der Waals surface area contributed by atoms with Crippen molar-refractivity contribution in [1.29, 1.82) is 5.26 Å². The first-order valence-corrected chi connectivity index (χ1v) is 6.44. The molecular formula is C14H20N4. The monoisotopic (exact) mass is 244 g/mol. The van der Waals surface area contributed by atoms with Gasteiger partial charge in [0.1, 0.15) is 11.9 Å². The minimum absolute atomic E-state index is 0.414. The largest absolute Gasteiger partial charge is 0.366 e. The molecule has 0 bridgehead atoms. The van der Waals surface area contributed by atoms with Crippen LogP contribution < -0.4 is 5.32 Å². The molecule has 1 N–H and O–H groups in total. The van der Waals surface area contributed by atoms with E-state index in [2.05, 4.69) is 35.2 Å². The highest BCUT2D eigenvalue weighted by Crippen LogP contribution is 2.21. The van der Waals surface area contributed by atoms with E-state index < -0.39 is 0 Å². The van der Waals surface area contributed by atoms with Gasteiger partial charge in [0.2, 0.25) is 0 Å². The Balaban J connectivity index is 2.10. The number of anilines is 1. The van der Waals surface area contributed by atoms with Crippen LogP contribution in [0.25, 0.3) is 0 Å². The van der Waals surface area contributed by atoms with E-state index in [1.807, 2.05) is 19.1 Å². The second-order valence-electron chi connectivity index (χ2n) is 5.16. The summed E-state index contributed by atoms with van der Waals surface area (Å²) < 4.78 is 0. The summed E-state index contributed by atoms with van der Waals surface area (Å²) in [4.78, 5) is 6.80. The van der Waals surface area contributed by atoms with Gasteiger partial charge in [-0.2, -0.15) is 5.26 Å². The van der Waals surface area contributed by atoms with Gasteiger partial charge in [-0.25, -0.2) is 4.98 Å². The highest BCUT2D eigenvalue weighted by Gasteiger charge is 2.23. The number of aromatic nitrogens is 1. The number of hydrogen-bond donors (Lipinski definition) is 1. The predicted molar refractivity (Wildman–Crippen MR) is 72.4 cm³/mol. The van der Waals surface area contributed by atoms with Gasteiger partial charge in [-0.3, -0.25) is 0 Å². The first-order chi connectivity index (χ1) is 8.60. The normalized spacial score (nSPS) is 24.6. The van der Waals surface area contributed by atoms with E-state index in [0.29, 0.717) is 17.6 Å². The van der Waals surface area contributed by atoms with Gasteiger partial charge in [-0.05, 0) is 45.9 Å². The van der Waals surface area contributed by atoms with Gasteiger partial charge in [-0.1, -0.05) is 0 Å². The molecule has 96 valence electrons. The van der Waals surface area contributed by atoms with Crippen molar-refractivity contribution in [1.82, 2.24) is 9.88 Å². The van der Waals surface area contributed by atoms with Gasteiger partial charge in [0.05, 0.1) is 5.56 Å². The molecule has 1 aliphatic heterocycles. The Bertz CT molecular complexity index is 463. The molecule has 1 fully saturated rings. The van der Waals surface area contributed by atoms with Crippen LogP contribution in [0.1, 0.15) is 31.0 Å². The molecule has 1 aliphatic rings. The smallest absolute Gasteiger partial charge is 0.144 e. The molecule has 1 aromatic heterocycles. The van der Waals surface area contributed by atoms with Crippen molar-refractivity contribution in [2.45, 2.75) is 38.8 Å². The number of piperidine rings is 1. The lowest BCUT2D eigenvalue weighted by molar-refractivity contribution is 0.190. The number of nitrogens with zero attached hydrogens (tertiary/aromatic N) is 3. The summed E-state index contributed by atoms with van der Waals surface area (Å²) in [6.07, 6.45) is 2.19. The van der Waals surface area contributed by atoms with Crippen LogP contribution in [0, 0.1) is 18.3 Å². The zero-order valence-electron chi connectivity index (χ0n) is 11.3. The average Bonchev–Trinajstić information content (AvgIpc) is 2.34. The predicted octanol–water partition coefficient (Wildman–Crippen LogP) is 2.16. The zero-order valence-corrected chi connectivity index (χ0v) is 11.3. The van der Waals surface area contributed by atoms with Crippen LogP contribution >= 0.6 is 0 Å². The molecule has 2 unspecified atom stereocenters. The van der Waals surface area contributed by atoms with E-state index in [1.54, 1.807) is 0 Å². The summed E-state index contributed by atoms with van der Waals surface area (Å²) >= 11 is 0. The number of hydrogen-bond acceptors (Lipinski definition) is 4. The molecule has 0 radical (unpaired) electrons. The van der Waals surface area contributed by atoms with Crippen LogP contribution in [0.4, 0.5) is 5.82 Å². The molecule has 2 heterocycles. The summed E-state index contributed by atoms with van der Waals surface area (Å²) in [6.45, 7) is 5.28. The molecular weight excluding hydrogens is 224 g/mol.